The number of rotatable bonds is 5. The van der Waals surface area contributed by atoms with Crippen molar-refractivity contribution in [1.82, 2.24) is 14.8 Å². The molecule has 0 spiro atoms. The Bertz CT molecular complexity index is 896. The zero-order valence-corrected chi connectivity index (χ0v) is 15.6. The monoisotopic (exact) mass is 392 g/mol. The third-order valence-corrected chi connectivity index (χ3v) is 4.74. The lowest BCUT2D eigenvalue weighted by atomic mass is 10.3. The highest BCUT2D eigenvalue weighted by molar-refractivity contribution is 7.99. The Morgan fingerprint density at radius 1 is 1.12 bits per heavy atom. The van der Waals surface area contributed by atoms with E-state index in [1.54, 1.807) is 36.4 Å². The van der Waals surface area contributed by atoms with Crippen molar-refractivity contribution in [2.24, 2.45) is 0 Å². The predicted molar refractivity (Wildman–Crippen MR) is 102 cm³/mol. The van der Waals surface area contributed by atoms with Crippen LogP contribution in [0.5, 0.6) is 0 Å². The number of halogens is 2. The largest absolute Gasteiger partial charge is 0.325 e. The van der Waals surface area contributed by atoms with Gasteiger partial charge in [-0.15, -0.1) is 10.2 Å². The zero-order valence-electron chi connectivity index (χ0n) is 13.2. The van der Waals surface area contributed by atoms with Crippen LogP contribution in [-0.2, 0) is 4.79 Å². The van der Waals surface area contributed by atoms with Gasteiger partial charge in [-0.3, -0.25) is 9.36 Å². The maximum atomic E-state index is 12.1. The molecule has 0 saturated carbocycles. The minimum Gasteiger partial charge on any atom is -0.325 e. The topological polar surface area (TPSA) is 59.8 Å². The maximum absolute atomic E-state index is 12.1. The summed E-state index contributed by atoms with van der Waals surface area (Å²) in [4.78, 5) is 12.1. The lowest BCUT2D eigenvalue weighted by molar-refractivity contribution is -0.113. The summed E-state index contributed by atoms with van der Waals surface area (Å²) < 4.78 is 1.88. The Morgan fingerprint density at radius 3 is 2.60 bits per heavy atom. The van der Waals surface area contributed by atoms with Gasteiger partial charge in [-0.2, -0.15) is 0 Å². The van der Waals surface area contributed by atoms with Crippen LogP contribution in [0.2, 0.25) is 10.0 Å². The number of hydrogen-bond acceptors (Lipinski definition) is 4. The number of aryl methyl sites for hydroxylation is 1. The fourth-order valence-electron chi connectivity index (χ4n) is 2.22. The lowest BCUT2D eigenvalue weighted by Gasteiger charge is -2.09. The normalized spacial score (nSPS) is 10.7. The molecule has 1 aromatic heterocycles. The van der Waals surface area contributed by atoms with Gasteiger partial charge < -0.3 is 5.32 Å². The van der Waals surface area contributed by atoms with E-state index in [0.717, 1.165) is 11.5 Å². The van der Waals surface area contributed by atoms with Crippen molar-refractivity contribution in [1.29, 1.82) is 0 Å². The number of benzene rings is 2. The van der Waals surface area contributed by atoms with E-state index in [4.69, 9.17) is 23.2 Å². The maximum Gasteiger partial charge on any atom is 0.234 e. The number of amides is 1. The highest BCUT2D eigenvalue weighted by Crippen LogP contribution is 2.23. The van der Waals surface area contributed by atoms with Crippen LogP contribution in [0.1, 0.15) is 5.82 Å². The molecule has 3 aromatic rings. The van der Waals surface area contributed by atoms with Crippen molar-refractivity contribution in [2.75, 3.05) is 11.1 Å². The van der Waals surface area contributed by atoms with E-state index in [1.165, 1.54) is 11.8 Å². The Morgan fingerprint density at radius 2 is 1.88 bits per heavy atom. The van der Waals surface area contributed by atoms with Crippen molar-refractivity contribution in [3.05, 3.63) is 64.4 Å². The molecule has 0 bridgehead atoms. The van der Waals surface area contributed by atoms with E-state index >= 15 is 0 Å². The average molecular weight is 393 g/mol. The average Bonchev–Trinajstić information content (AvgIpc) is 2.95. The minimum atomic E-state index is -0.143. The highest BCUT2D eigenvalue weighted by atomic mass is 35.5. The second-order valence-corrected chi connectivity index (χ2v) is 7.00. The molecule has 5 nitrogen and oxygen atoms in total. The molecule has 0 radical (unpaired) electrons. The summed E-state index contributed by atoms with van der Waals surface area (Å²) in [5, 5.41) is 12.9. The number of hydrogen-bond donors (Lipinski definition) is 1. The van der Waals surface area contributed by atoms with Gasteiger partial charge in [0.05, 0.1) is 5.75 Å². The van der Waals surface area contributed by atoms with Crippen LogP contribution in [0.15, 0.2) is 53.7 Å². The Balaban J connectivity index is 1.69. The van der Waals surface area contributed by atoms with Crippen molar-refractivity contribution < 1.29 is 4.79 Å². The van der Waals surface area contributed by atoms with Crippen molar-refractivity contribution in [3.63, 3.8) is 0 Å². The Labute approximate surface area is 159 Å². The zero-order chi connectivity index (χ0) is 17.8. The third kappa shape index (κ3) is 4.54. The number of nitrogens with one attached hydrogen (secondary N) is 1. The Kier molecular flexibility index (Phi) is 5.63. The van der Waals surface area contributed by atoms with Crippen molar-refractivity contribution >= 4 is 46.6 Å². The molecule has 0 atom stereocenters. The van der Waals surface area contributed by atoms with E-state index in [1.807, 2.05) is 23.6 Å². The van der Waals surface area contributed by atoms with E-state index in [0.29, 0.717) is 20.9 Å². The molecule has 3 rings (SSSR count). The van der Waals surface area contributed by atoms with E-state index in [-0.39, 0.29) is 11.7 Å². The highest BCUT2D eigenvalue weighted by Gasteiger charge is 2.13. The van der Waals surface area contributed by atoms with Gasteiger partial charge in [0.25, 0.3) is 0 Å². The first-order valence-electron chi connectivity index (χ1n) is 7.39. The number of thioether (sulfide) groups is 1. The van der Waals surface area contributed by atoms with Gasteiger partial charge in [0, 0.05) is 21.4 Å². The molecular weight excluding hydrogens is 379 g/mol. The first-order chi connectivity index (χ1) is 12.0. The van der Waals surface area contributed by atoms with E-state index in [2.05, 4.69) is 15.5 Å². The summed E-state index contributed by atoms with van der Waals surface area (Å²) in [6, 6.07) is 14.4. The standard InChI is InChI=1S/C17H14Cl2N4OS/c1-11-21-22-17(23(11)15-7-5-12(18)6-8-15)25-10-16(24)20-14-4-2-3-13(19)9-14/h2-9H,10H2,1H3,(H,20,24). The van der Waals surface area contributed by atoms with Gasteiger partial charge in [-0.25, -0.2) is 0 Å². The molecule has 1 heterocycles. The number of carbonyl (C=O) groups is 1. The van der Waals surface area contributed by atoms with Crippen LogP contribution in [0.4, 0.5) is 5.69 Å². The molecule has 1 N–H and O–H groups in total. The summed E-state index contributed by atoms with van der Waals surface area (Å²) in [5.74, 6) is 0.800. The van der Waals surface area contributed by atoms with E-state index < -0.39 is 0 Å². The number of anilines is 1. The molecule has 0 saturated heterocycles. The Hall–Kier alpha value is -2.02. The van der Waals surface area contributed by atoms with Crippen LogP contribution in [0, 0.1) is 6.92 Å². The van der Waals surface area contributed by atoms with Gasteiger partial charge >= 0.3 is 0 Å². The summed E-state index contributed by atoms with van der Waals surface area (Å²) in [5.41, 5.74) is 1.55. The summed E-state index contributed by atoms with van der Waals surface area (Å²) >= 11 is 13.2. The molecule has 0 unspecified atom stereocenters. The summed E-state index contributed by atoms with van der Waals surface area (Å²) in [6.45, 7) is 1.86. The van der Waals surface area contributed by atoms with Crippen LogP contribution < -0.4 is 5.32 Å². The quantitative estimate of drug-likeness (QED) is 0.643. The van der Waals surface area contributed by atoms with E-state index in [9.17, 15) is 4.79 Å². The van der Waals surface area contributed by atoms with Crippen LogP contribution in [0.3, 0.4) is 0 Å². The van der Waals surface area contributed by atoms with Crippen molar-refractivity contribution in [2.45, 2.75) is 12.1 Å². The van der Waals surface area contributed by atoms with Crippen LogP contribution in [-0.4, -0.2) is 26.4 Å². The smallest absolute Gasteiger partial charge is 0.234 e. The molecule has 2 aromatic carbocycles. The molecular formula is C17H14Cl2N4OS. The van der Waals surface area contributed by atoms with Gasteiger partial charge in [0.2, 0.25) is 5.91 Å². The molecule has 0 aliphatic heterocycles. The minimum absolute atomic E-state index is 0.143. The summed E-state index contributed by atoms with van der Waals surface area (Å²) in [7, 11) is 0. The molecule has 0 aliphatic rings. The van der Waals surface area contributed by atoms with Gasteiger partial charge in [-0.05, 0) is 49.4 Å². The first kappa shape index (κ1) is 17.8. The SMILES string of the molecule is Cc1nnc(SCC(=O)Nc2cccc(Cl)c2)n1-c1ccc(Cl)cc1. The molecule has 8 heteroatoms. The fourth-order valence-corrected chi connectivity index (χ4v) is 3.33. The lowest BCUT2D eigenvalue weighted by Crippen LogP contribution is -2.14. The van der Waals surface area contributed by atoms with Crippen molar-refractivity contribution in [3.8, 4) is 5.69 Å². The number of carbonyl (C=O) groups excluding carboxylic acids is 1. The summed E-state index contributed by atoms with van der Waals surface area (Å²) in [6.07, 6.45) is 0. The third-order valence-electron chi connectivity index (χ3n) is 3.32. The molecule has 25 heavy (non-hydrogen) atoms. The molecule has 1 amide bonds. The van der Waals surface area contributed by atoms with Gasteiger partial charge in [-0.1, -0.05) is 41.0 Å². The molecule has 0 aliphatic carbocycles. The number of nitrogens with zero attached hydrogens (tertiary/aromatic N) is 3. The molecule has 128 valence electrons. The van der Waals surface area contributed by atoms with Gasteiger partial charge in [0.1, 0.15) is 5.82 Å². The van der Waals surface area contributed by atoms with Gasteiger partial charge in [0.15, 0.2) is 5.16 Å². The second kappa shape index (κ2) is 7.91. The first-order valence-corrected chi connectivity index (χ1v) is 9.13. The van der Waals surface area contributed by atoms with Crippen LogP contribution in [0.25, 0.3) is 5.69 Å². The fraction of sp³-hybridized carbons (Fsp3) is 0.118. The number of aromatic nitrogens is 3. The molecule has 0 fully saturated rings. The second-order valence-electron chi connectivity index (χ2n) is 5.19. The van der Waals surface area contributed by atoms with Crippen LogP contribution >= 0.6 is 35.0 Å². The predicted octanol–water partition coefficient (Wildman–Crippen LogP) is 4.61.